The fraction of sp³-hybridized carbons (Fsp3) is 0. The van der Waals surface area contributed by atoms with Crippen molar-refractivity contribution in [1.29, 1.82) is 0 Å². The molecule has 13 heavy (non-hydrogen) atoms. The number of hydrogen-bond acceptors (Lipinski definition) is 1. The molecule has 1 aromatic heterocycles. The summed E-state index contributed by atoms with van der Waals surface area (Å²) in [7, 11) is 0. The molecule has 0 saturated heterocycles. The van der Waals surface area contributed by atoms with E-state index in [9.17, 15) is 4.39 Å². The Balaban J connectivity index is 3.00. The molecular formula is C9H4ClFIN. The number of fused-ring (bicyclic) bond motifs is 1. The van der Waals surface area contributed by atoms with Crippen LogP contribution in [0.3, 0.4) is 0 Å². The first-order valence-corrected chi connectivity index (χ1v) is 5.03. The first kappa shape index (κ1) is 9.15. The Kier molecular flexibility index (Phi) is 2.38. The zero-order valence-corrected chi connectivity index (χ0v) is 9.30. The quantitative estimate of drug-likeness (QED) is 0.677. The van der Waals surface area contributed by atoms with E-state index in [1.165, 1.54) is 12.3 Å². The van der Waals surface area contributed by atoms with Crippen LogP contribution in [0.5, 0.6) is 0 Å². The molecule has 4 heteroatoms. The van der Waals surface area contributed by atoms with Gasteiger partial charge in [-0.2, -0.15) is 0 Å². The van der Waals surface area contributed by atoms with Crippen LogP contribution < -0.4 is 0 Å². The molecule has 0 aliphatic heterocycles. The first-order valence-electron chi connectivity index (χ1n) is 3.57. The maximum atomic E-state index is 13.2. The molecule has 0 saturated carbocycles. The highest BCUT2D eigenvalue weighted by atomic mass is 127. The minimum absolute atomic E-state index is 0.287. The summed E-state index contributed by atoms with van der Waals surface area (Å²) in [6.07, 6.45) is 3.15. The summed E-state index contributed by atoms with van der Waals surface area (Å²) in [6, 6.07) is 2.91. The normalized spacial score (nSPS) is 10.7. The average molecular weight is 307 g/mol. The molecule has 2 aromatic rings. The molecule has 0 radical (unpaired) electrons. The minimum Gasteiger partial charge on any atom is -0.263 e. The maximum Gasteiger partial charge on any atom is 0.132 e. The lowest BCUT2D eigenvalue weighted by molar-refractivity contribution is 0.639. The number of pyridine rings is 1. The van der Waals surface area contributed by atoms with E-state index in [1.807, 2.05) is 0 Å². The molecule has 66 valence electrons. The van der Waals surface area contributed by atoms with E-state index in [1.54, 1.807) is 12.3 Å². The molecular weight excluding hydrogens is 303 g/mol. The van der Waals surface area contributed by atoms with Gasteiger partial charge in [0.15, 0.2) is 0 Å². The van der Waals surface area contributed by atoms with Crippen LogP contribution in [-0.4, -0.2) is 4.98 Å². The Morgan fingerprint density at radius 3 is 2.77 bits per heavy atom. The van der Waals surface area contributed by atoms with E-state index in [0.29, 0.717) is 10.4 Å². The van der Waals surface area contributed by atoms with E-state index in [0.717, 1.165) is 8.96 Å². The van der Waals surface area contributed by atoms with Gasteiger partial charge >= 0.3 is 0 Å². The van der Waals surface area contributed by atoms with Crippen LogP contribution in [0.15, 0.2) is 24.5 Å². The molecule has 1 aromatic carbocycles. The van der Waals surface area contributed by atoms with Gasteiger partial charge in [-0.3, -0.25) is 4.98 Å². The van der Waals surface area contributed by atoms with Crippen molar-refractivity contribution in [2.75, 3.05) is 0 Å². The van der Waals surface area contributed by atoms with Gasteiger partial charge in [-0.15, -0.1) is 0 Å². The molecule has 0 amide bonds. The SMILES string of the molecule is Fc1ccc(Cl)c2c(I)cncc12. The molecule has 0 atom stereocenters. The monoisotopic (exact) mass is 307 g/mol. The molecule has 0 bridgehead atoms. The van der Waals surface area contributed by atoms with Crippen molar-refractivity contribution in [3.05, 3.63) is 38.9 Å². The lowest BCUT2D eigenvalue weighted by Crippen LogP contribution is -1.85. The predicted octanol–water partition coefficient (Wildman–Crippen LogP) is 3.63. The Morgan fingerprint density at radius 2 is 2.08 bits per heavy atom. The van der Waals surface area contributed by atoms with Crippen LogP contribution in [0.25, 0.3) is 10.8 Å². The third kappa shape index (κ3) is 1.50. The van der Waals surface area contributed by atoms with E-state index < -0.39 is 0 Å². The topological polar surface area (TPSA) is 12.9 Å². The summed E-state index contributed by atoms with van der Waals surface area (Å²) >= 11 is 8.02. The summed E-state index contributed by atoms with van der Waals surface area (Å²) in [5.74, 6) is -0.287. The third-order valence-electron chi connectivity index (χ3n) is 1.77. The van der Waals surface area contributed by atoms with Crippen molar-refractivity contribution in [2.24, 2.45) is 0 Å². The molecule has 1 heterocycles. The van der Waals surface area contributed by atoms with Gasteiger partial charge in [-0.05, 0) is 34.7 Å². The highest BCUT2D eigenvalue weighted by molar-refractivity contribution is 14.1. The van der Waals surface area contributed by atoms with E-state index >= 15 is 0 Å². The minimum atomic E-state index is -0.287. The van der Waals surface area contributed by atoms with Crippen LogP contribution in [-0.2, 0) is 0 Å². The van der Waals surface area contributed by atoms with Gasteiger partial charge in [0.1, 0.15) is 5.82 Å². The molecule has 0 spiro atoms. The summed E-state index contributed by atoms with van der Waals surface area (Å²) < 4.78 is 14.1. The standard InChI is InChI=1S/C9H4ClFIN/c10-6-1-2-7(11)5-3-13-4-8(12)9(5)6/h1-4H. The highest BCUT2D eigenvalue weighted by Crippen LogP contribution is 2.28. The van der Waals surface area contributed by atoms with E-state index in [-0.39, 0.29) is 5.82 Å². The highest BCUT2D eigenvalue weighted by Gasteiger charge is 2.07. The van der Waals surface area contributed by atoms with Gasteiger partial charge in [0.05, 0.1) is 0 Å². The van der Waals surface area contributed by atoms with Crippen molar-refractivity contribution in [2.45, 2.75) is 0 Å². The van der Waals surface area contributed by atoms with Crippen molar-refractivity contribution >= 4 is 45.0 Å². The van der Waals surface area contributed by atoms with Crippen LogP contribution in [0, 0.1) is 9.39 Å². The molecule has 0 N–H and O–H groups in total. The second-order valence-electron chi connectivity index (χ2n) is 2.57. The van der Waals surface area contributed by atoms with Crippen molar-refractivity contribution < 1.29 is 4.39 Å². The molecule has 0 unspecified atom stereocenters. The summed E-state index contributed by atoms with van der Waals surface area (Å²) in [5.41, 5.74) is 0. The van der Waals surface area contributed by atoms with Crippen molar-refractivity contribution in [1.82, 2.24) is 4.98 Å². The van der Waals surface area contributed by atoms with E-state index in [2.05, 4.69) is 27.6 Å². The largest absolute Gasteiger partial charge is 0.263 e. The smallest absolute Gasteiger partial charge is 0.132 e. The molecule has 0 fully saturated rings. The number of nitrogens with zero attached hydrogens (tertiary/aromatic N) is 1. The molecule has 0 aliphatic rings. The van der Waals surface area contributed by atoms with Crippen molar-refractivity contribution in [3.63, 3.8) is 0 Å². The van der Waals surface area contributed by atoms with Gasteiger partial charge in [-0.25, -0.2) is 4.39 Å². The van der Waals surface area contributed by atoms with Crippen LogP contribution >= 0.6 is 34.2 Å². The van der Waals surface area contributed by atoms with E-state index in [4.69, 9.17) is 11.6 Å². The summed E-state index contributed by atoms with van der Waals surface area (Å²) in [6.45, 7) is 0. The van der Waals surface area contributed by atoms with Gasteiger partial charge in [0, 0.05) is 31.8 Å². The molecule has 2 rings (SSSR count). The van der Waals surface area contributed by atoms with Gasteiger partial charge in [-0.1, -0.05) is 11.6 Å². The second-order valence-corrected chi connectivity index (χ2v) is 4.14. The zero-order chi connectivity index (χ0) is 9.42. The second kappa shape index (κ2) is 3.38. The lowest BCUT2D eigenvalue weighted by Gasteiger charge is -2.02. The average Bonchev–Trinajstić information content (AvgIpc) is 2.12. The van der Waals surface area contributed by atoms with Crippen LogP contribution in [0.1, 0.15) is 0 Å². The third-order valence-corrected chi connectivity index (χ3v) is 2.90. The molecule has 1 nitrogen and oxygen atoms in total. The number of aromatic nitrogens is 1. The van der Waals surface area contributed by atoms with Crippen LogP contribution in [0.4, 0.5) is 4.39 Å². The Bertz CT molecular complexity index is 464. The van der Waals surface area contributed by atoms with Gasteiger partial charge < -0.3 is 0 Å². The zero-order valence-electron chi connectivity index (χ0n) is 6.39. The number of halogens is 3. The Labute approximate surface area is 93.1 Å². The van der Waals surface area contributed by atoms with Gasteiger partial charge in [0.25, 0.3) is 0 Å². The number of hydrogen-bond donors (Lipinski definition) is 0. The lowest BCUT2D eigenvalue weighted by atomic mass is 10.2. The Hall–Kier alpha value is -0.420. The Morgan fingerprint density at radius 1 is 1.31 bits per heavy atom. The van der Waals surface area contributed by atoms with Crippen molar-refractivity contribution in [3.8, 4) is 0 Å². The summed E-state index contributed by atoms with van der Waals surface area (Å²) in [5, 5.41) is 1.76. The fourth-order valence-electron chi connectivity index (χ4n) is 1.18. The summed E-state index contributed by atoms with van der Waals surface area (Å²) in [4.78, 5) is 3.91. The number of benzene rings is 1. The van der Waals surface area contributed by atoms with Crippen LogP contribution in [0.2, 0.25) is 5.02 Å². The van der Waals surface area contributed by atoms with Gasteiger partial charge in [0.2, 0.25) is 0 Å². The molecule has 0 aliphatic carbocycles. The first-order chi connectivity index (χ1) is 6.20. The maximum absolute atomic E-state index is 13.2. The fourth-order valence-corrected chi connectivity index (χ4v) is 2.35. The number of rotatable bonds is 0. The predicted molar refractivity (Wildman–Crippen MR) is 59.4 cm³/mol.